The minimum atomic E-state index is -0.583. The standard InChI is InChI=1S/C21H21NO3/c1-2-3-13-24-21(23)19(15-22)14-17-9-11-20(12-10-17)25-16-18-7-5-4-6-8-18/h4-12,14H,2-3,13,16H2,1H3/b19-14-. The molecule has 128 valence electrons. The smallest absolute Gasteiger partial charge is 0.348 e. The van der Waals surface area contributed by atoms with Gasteiger partial charge in [0.25, 0.3) is 0 Å². The molecule has 0 bridgehead atoms. The number of unbranched alkanes of at least 4 members (excludes halogenated alkanes) is 1. The van der Waals surface area contributed by atoms with E-state index in [1.165, 1.54) is 6.08 Å². The average molecular weight is 335 g/mol. The minimum Gasteiger partial charge on any atom is -0.489 e. The van der Waals surface area contributed by atoms with Gasteiger partial charge in [-0.1, -0.05) is 55.8 Å². The Morgan fingerprint density at radius 2 is 1.84 bits per heavy atom. The second kappa shape index (κ2) is 9.94. The topological polar surface area (TPSA) is 59.3 Å². The summed E-state index contributed by atoms with van der Waals surface area (Å²) in [5.41, 5.74) is 1.83. The van der Waals surface area contributed by atoms with Crippen molar-refractivity contribution in [3.8, 4) is 11.8 Å². The van der Waals surface area contributed by atoms with Crippen molar-refractivity contribution in [3.05, 3.63) is 71.3 Å². The van der Waals surface area contributed by atoms with E-state index in [0.717, 1.165) is 29.7 Å². The van der Waals surface area contributed by atoms with E-state index in [1.807, 2.05) is 55.5 Å². The third-order valence-electron chi connectivity index (χ3n) is 3.51. The molecule has 0 aromatic heterocycles. The van der Waals surface area contributed by atoms with Crippen LogP contribution in [0.3, 0.4) is 0 Å². The Hall–Kier alpha value is -3.06. The Morgan fingerprint density at radius 3 is 2.48 bits per heavy atom. The lowest BCUT2D eigenvalue weighted by Crippen LogP contribution is -2.07. The van der Waals surface area contributed by atoms with Crippen LogP contribution in [0.1, 0.15) is 30.9 Å². The molecular weight excluding hydrogens is 314 g/mol. The van der Waals surface area contributed by atoms with Crippen LogP contribution in [0.2, 0.25) is 0 Å². The van der Waals surface area contributed by atoms with Gasteiger partial charge >= 0.3 is 5.97 Å². The highest BCUT2D eigenvalue weighted by Gasteiger charge is 2.10. The molecule has 4 heteroatoms. The molecule has 0 atom stereocenters. The lowest BCUT2D eigenvalue weighted by atomic mass is 10.1. The van der Waals surface area contributed by atoms with Crippen molar-refractivity contribution >= 4 is 12.0 Å². The molecule has 0 saturated carbocycles. The van der Waals surface area contributed by atoms with Crippen molar-refractivity contribution in [3.63, 3.8) is 0 Å². The fourth-order valence-electron chi connectivity index (χ4n) is 2.09. The highest BCUT2D eigenvalue weighted by Crippen LogP contribution is 2.16. The summed E-state index contributed by atoms with van der Waals surface area (Å²) in [7, 11) is 0. The maximum Gasteiger partial charge on any atom is 0.348 e. The van der Waals surface area contributed by atoms with Crippen LogP contribution in [0.4, 0.5) is 0 Å². The summed E-state index contributed by atoms with van der Waals surface area (Å²) >= 11 is 0. The fraction of sp³-hybridized carbons (Fsp3) is 0.238. The van der Waals surface area contributed by atoms with Gasteiger partial charge in [-0.3, -0.25) is 0 Å². The summed E-state index contributed by atoms with van der Waals surface area (Å²) in [4.78, 5) is 11.8. The minimum absolute atomic E-state index is 0.00550. The Bertz CT molecular complexity index is 743. The summed E-state index contributed by atoms with van der Waals surface area (Å²) in [5.74, 6) is 0.144. The number of benzene rings is 2. The van der Waals surface area contributed by atoms with Crippen molar-refractivity contribution in [2.45, 2.75) is 26.4 Å². The zero-order chi connectivity index (χ0) is 17.9. The van der Waals surface area contributed by atoms with Crippen molar-refractivity contribution < 1.29 is 14.3 Å². The molecule has 0 saturated heterocycles. The van der Waals surface area contributed by atoms with Crippen molar-refractivity contribution in [2.75, 3.05) is 6.61 Å². The summed E-state index contributed by atoms with van der Waals surface area (Å²) in [6.07, 6.45) is 3.25. The summed E-state index contributed by atoms with van der Waals surface area (Å²) in [6, 6.07) is 19.0. The van der Waals surface area contributed by atoms with Gasteiger partial charge in [-0.25, -0.2) is 4.79 Å². The molecule has 0 N–H and O–H groups in total. The molecule has 0 heterocycles. The normalized spacial score (nSPS) is 10.8. The first-order valence-corrected chi connectivity index (χ1v) is 8.28. The molecule has 0 radical (unpaired) electrons. The molecule has 2 rings (SSSR count). The molecule has 0 amide bonds. The van der Waals surface area contributed by atoms with Crippen LogP contribution in [-0.2, 0) is 16.1 Å². The van der Waals surface area contributed by atoms with E-state index in [4.69, 9.17) is 14.7 Å². The molecule has 0 fully saturated rings. The van der Waals surface area contributed by atoms with Crippen LogP contribution < -0.4 is 4.74 Å². The van der Waals surface area contributed by atoms with Gasteiger partial charge in [0.1, 0.15) is 24.0 Å². The molecule has 0 unspecified atom stereocenters. The largest absolute Gasteiger partial charge is 0.489 e. The lowest BCUT2D eigenvalue weighted by molar-refractivity contribution is -0.138. The van der Waals surface area contributed by atoms with Gasteiger partial charge in [0.15, 0.2) is 0 Å². The zero-order valence-electron chi connectivity index (χ0n) is 14.3. The lowest BCUT2D eigenvalue weighted by Gasteiger charge is -2.06. The van der Waals surface area contributed by atoms with Crippen LogP contribution in [0.15, 0.2) is 60.2 Å². The zero-order valence-corrected chi connectivity index (χ0v) is 14.3. The number of rotatable bonds is 8. The second-order valence-electron chi connectivity index (χ2n) is 5.50. The van der Waals surface area contributed by atoms with Gasteiger partial charge in [0, 0.05) is 0 Å². The van der Waals surface area contributed by atoms with Gasteiger partial charge in [-0.15, -0.1) is 0 Å². The van der Waals surface area contributed by atoms with Gasteiger partial charge in [0.05, 0.1) is 6.61 Å². The number of hydrogen-bond donors (Lipinski definition) is 0. The monoisotopic (exact) mass is 335 g/mol. The van der Waals surface area contributed by atoms with Crippen LogP contribution in [0.5, 0.6) is 5.75 Å². The van der Waals surface area contributed by atoms with Crippen LogP contribution in [0.25, 0.3) is 6.08 Å². The third kappa shape index (κ3) is 6.15. The molecule has 4 nitrogen and oxygen atoms in total. The van der Waals surface area contributed by atoms with Crippen LogP contribution in [0, 0.1) is 11.3 Å². The van der Waals surface area contributed by atoms with E-state index >= 15 is 0 Å². The summed E-state index contributed by atoms with van der Waals surface area (Å²) < 4.78 is 10.8. The molecule has 0 aliphatic heterocycles. The molecule has 25 heavy (non-hydrogen) atoms. The maximum atomic E-state index is 11.8. The molecule has 0 aliphatic carbocycles. The van der Waals surface area contributed by atoms with E-state index in [0.29, 0.717) is 13.2 Å². The number of nitriles is 1. The molecular formula is C21H21NO3. The van der Waals surface area contributed by atoms with Crippen LogP contribution in [-0.4, -0.2) is 12.6 Å². The van der Waals surface area contributed by atoms with Gasteiger partial charge in [-0.2, -0.15) is 5.26 Å². The molecule has 2 aromatic rings. The molecule has 2 aromatic carbocycles. The first-order valence-electron chi connectivity index (χ1n) is 8.28. The maximum absolute atomic E-state index is 11.8. The first-order chi connectivity index (χ1) is 12.2. The highest BCUT2D eigenvalue weighted by atomic mass is 16.5. The van der Waals surface area contributed by atoms with Gasteiger partial charge < -0.3 is 9.47 Å². The molecule has 0 spiro atoms. The number of hydrogen-bond acceptors (Lipinski definition) is 4. The predicted octanol–water partition coefficient (Wildman–Crippen LogP) is 4.52. The number of carbonyl (C=O) groups excluding carboxylic acids is 1. The van der Waals surface area contributed by atoms with Gasteiger partial charge in [-0.05, 0) is 35.8 Å². The fourth-order valence-corrected chi connectivity index (χ4v) is 2.09. The average Bonchev–Trinajstić information content (AvgIpc) is 2.66. The van der Waals surface area contributed by atoms with E-state index in [-0.39, 0.29) is 5.57 Å². The van der Waals surface area contributed by atoms with Crippen molar-refractivity contribution in [1.82, 2.24) is 0 Å². The van der Waals surface area contributed by atoms with E-state index in [2.05, 4.69) is 0 Å². The van der Waals surface area contributed by atoms with E-state index in [1.54, 1.807) is 12.1 Å². The number of nitrogens with zero attached hydrogens (tertiary/aromatic N) is 1. The number of ether oxygens (including phenoxy) is 2. The second-order valence-corrected chi connectivity index (χ2v) is 5.50. The number of carbonyl (C=O) groups is 1. The van der Waals surface area contributed by atoms with Crippen molar-refractivity contribution in [2.24, 2.45) is 0 Å². The SMILES string of the molecule is CCCCOC(=O)/C(C#N)=C\c1ccc(OCc2ccccc2)cc1. The first kappa shape index (κ1) is 18.3. The Balaban J connectivity index is 1.95. The molecule has 0 aliphatic rings. The summed E-state index contributed by atoms with van der Waals surface area (Å²) in [5, 5.41) is 9.14. The summed E-state index contributed by atoms with van der Waals surface area (Å²) in [6.45, 7) is 2.83. The Kier molecular flexibility index (Phi) is 7.27. The Morgan fingerprint density at radius 1 is 1.12 bits per heavy atom. The van der Waals surface area contributed by atoms with Crippen molar-refractivity contribution in [1.29, 1.82) is 5.26 Å². The van der Waals surface area contributed by atoms with E-state index < -0.39 is 5.97 Å². The number of esters is 1. The highest BCUT2D eigenvalue weighted by molar-refractivity contribution is 5.97. The van der Waals surface area contributed by atoms with E-state index in [9.17, 15) is 4.79 Å². The Labute approximate surface area is 148 Å². The third-order valence-corrected chi connectivity index (χ3v) is 3.51. The van der Waals surface area contributed by atoms with Crippen LogP contribution >= 0.6 is 0 Å². The predicted molar refractivity (Wildman–Crippen MR) is 96.7 cm³/mol. The quantitative estimate of drug-likeness (QED) is 0.308. The van der Waals surface area contributed by atoms with Gasteiger partial charge in [0.2, 0.25) is 0 Å².